The summed E-state index contributed by atoms with van der Waals surface area (Å²) in [6.07, 6.45) is 1.65. The summed E-state index contributed by atoms with van der Waals surface area (Å²) in [6.45, 7) is 0.614. The molecule has 5 nitrogen and oxygen atoms in total. The highest BCUT2D eigenvalue weighted by molar-refractivity contribution is 5.84. The maximum absolute atomic E-state index is 12.5. The molecule has 1 aromatic rings. The molecule has 0 aromatic carbocycles. The van der Waals surface area contributed by atoms with Gasteiger partial charge in [-0.15, -0.1) is 0 Å². The van der Waals surface area contributed by atoms with Crippen molar-refractivity contribution in [2.24, 2.45) is 0 Å². The minimum absolute atomic E-state index is 0.274. The van der Waals surface area contributed by atoms with E-state index in [-0.39, 0.29) is 5.89 Å². The topological polar surface area (TPSA) is 76.2 Å². The Morgan fingerprint density at radius 3 is 2.71 bits per heavy atom. The number of carboxylic acid groups (broad SMARTS) is 1. The van der Waals surface area contributed by atoms with Crippen molar-refractivity contribution >= 4 is 12.0 Å². The van der Waals surface area contributed by atoms with Gasteiger partial charge in [-0.05, 0) is 0 Å². The van der Waals surface area contributed by atoms with E-state index >= 15 is 0 Å². The lowest BCUT2D eigenvalue weighted by Crippen LogP contribution is -2.09. The van der Waals surface area contributed by atoms with Gasteiger partial charge in [0.1, 0.15) is 0 Å². The van der Waals surface area contributed by atoms with Crippen molar-refractivity contribution < 1.29 is 23.2 Å². The molecule has 0 saturated heterocycles. The molecule has 0 amide bonds. The molecule has 0 bridgehead atoms. The van der Waals surface area contributed by atoms with Gasteiger partial charge < -0.3 is 9.63 Å². The average molecular weight is 204 g/mol. The third kappa shape index (κ3) is 2.61. The van der Waals surface area contributed by atoms with Gasteiger partial charge >= 0.3 is 11.9 Å². The van der Waals surface area contributed by atoms with Crippen LogP contribution in [0.1, 0.15) is 18.6 Å². The Labute approximate surface area is 77.0 Å². The van der Waals surface area contributed by atoms with Gasteiger partial charge in [-0.25, -0.2) is 4.79 Å². The summed E-state index contributed by atoms with van der Waals surface area (Å²) in [5, 5.41) is 11.2. The van der Waals surface area contributed by atoms with Gasteiger partial charge in [0.05, 0.1) is 0 Å². The summed E-state index contributed by atoms with van der Waals surface area (Å²) < 4.78 is 29.4. The molecular formula is C7H6F2N2O3. The first-order valence-corrected chi connectivity index (χ1v) is 3.52. The van der Waals surface area contributed by atoms with E-state index < -0.39 is 17.7 Å². The molecule has 0 atom stereocenters. The van der Waals surface area contributed by atoms with Crippen LogP contribution in [0.3, 0.4) is 0 Å². The lowest BCUT2D eigenvalue weighted by molar-refractivity contribution is -0.131. The highest BCUT2D eigenvalue weighted by Gasteiger charge is 2.30. The van der Waals surface area contributed by atoms with Crippen molar-refractivity contribution in [1.82, 2.24) is 10.1 Å². The number of aromatic nitrogens is 2. The highest BCUT2D eigenvalue weighted by Crippen LogP contribution is 2.23. The second kappa shape index (κ2) is 3.52. The maximum atomic E-state index is 12.5. The molecule has 0 radical (unpaired) electrons. The number of alkyl halides is 2. The number of aliphatic carboxylic acids is 1. The molecule has 0 saturated carbocycles. The smallest absolute Gasteiger partial charge is 0.328 e. The van der Waals surface area contributed by atoms with Crippen LogP contribution in [-0.4, -0.2) is 21.2 Å². The molecule has 0 unspecified atom stereocenters. The molecule has 0 aliphatic rings. The zero-order valence-electron chi connectivity index (χ0n) is 7.07. The van der Waals surface area contributed by atoms with Crippen LogP contribution in [-0.2, 0) is 10.7 Å². The van der Waals surface area contributed by atoms with E-state index in [0.29, 0.717) is 13.0 Å². The standard InChI is InChI=1S/C7H6F2N2O3/c1-7(8,9)6-10-4(14-11-6)2-3-5(12)13/h2-3H,1H3,(H,12,13)/b3-2+. The van der Waals surface area contributed by atoms with Crippen LogP contribution in [0.4, 0.5) is 8.78 Å². The zero-order valence-corrected chi connectivity index (χ0v) is 7.07. The van der Waals surface area contributed by atoms with Gasteiger partial charge in [0.25, 0.3) is 5.89 Å². The zero-order chi connectivity index (χ0) is 10.8. The molecule has 76 valence electrons. The molecule has 1 aromatic heterocycles. The van der Waals surface area contributed by atoms with Gasteiger partial charge in [-0.3, -0.25) is 0 Å². The molecule has 14 heavy (non-hydrogen) atoms. The minimum atomic E-state index is -3.20. The van der Waals surface area contributed by atoms with E-state index in [0.717, 1.165) is 6.08 Å². The molecule has 0 spiro atoms. The van der Waals surface area contributed by atoms with Crippen LogP contribution < -0.4 is 0 Å². The van der Waals surface area contributed by atoms with E-state index in [1.54, 1.807) is 0 Å². The third-order valence-electron chi connectivity index (χ3n) is 1.20. The van der Waals surface area contributed by atoms with Crippen LogP contribution in [0.15, 0.2) is 10.6 Å². The Morgan fingerprint density at radius 1 is 1.64 bits per heavy atom. The second-order valence-electron chi connectivity index (χ2n) is 2.52. The Kier molecular flexibility index (Phi) is 2.59. The van der Waals surface area contributed by atoms with Crippen LogP contribution in [0.2, 0.25) is 0 Å². The van der Waals surface area contributed by atoms with Crippen molar-refractivity contribution in [1.29, 1.82) is 0 Å². The first-order valence-electron chi connectivity index (χ1n) is 3.52. The molecule has 0 aliphatic heterocycles. The lowest BCUT2D eigenvalue weighted by Gasteiger charge is -2.00. The summed E-state index contributed by atoms with van der Waals surface area (Å²) in [5.41, 5.74) is 0. The Balaban J connectivity index is 2.84. The average Bonchev–Trinajstić information content (AvgIpc) is 2.47. The summed E-state index contributed by atoms with van der Waals surface area (Å²) in [5.74, 6) is -5.47. The third-order valence-corrected chi connectivity index (χ3v) is 1.20. The molecule has 0 aliphatic carbocycles. The van der Waals surface area contributed by atoms with E-state index in [1.165, 1.54) is 0 Å². The van der Waals surface area contributed by atoms with Gasteiger partial charge in [-0.2, -0.15) is 13.8 Å². The minimum Gasteiger partial charge on any atom is -0.478 e. The van der Waals surface area contributed by atoms with Crippen molar-refractivity contribution in [3.8, 4) is 0 Å². The number of rotatable bonds is 3. The van der Waals surface area contributed by atoms with Crippen LogP contribution in [0.5, 0.6) is 0 Å². The predicted molar refractivity (Wildman–Crippen MR) is 40.5 cm³/mol. The number of hydrogen-bond donors (Lipinski definition) is 1. The highest BCUT2D eigenvalue weighted by atomic mass is 19.3. The molecule has 7 heteroatoms. The number of halogens is 2. The quantitative estimate of drug-likeness (QED) is 0.750. The Morgan fingerprint density at radius 2 is 2.29 bits per heavy atom. The first kappa shape index (κ1) is 10.3. The van der Waals surface area contributed by atoms with Crippen LogP contribution >= 0.6 is 0 Å². The van der Waals surface area contributed by atoms with Crippen LogP contribution in [0, 0.1) is 0 Å². The first-order chi connectivity index (χ1) is 6.39. The van der Waals surface area contributed by atoms with Crippen molar-refractivity contribution in [2.75, 3.05) is 0 Å². The molecule has 1 heterocycles. The molecule has 1 N–H and O–H groups in total. The monoisotopic (exact) mass is 204 g/mol. The van der Waals surface area contributed by atoms with E-state index in [9.17, 15) is 13.6 Å². The van der Waals surface area contributed by atoms with Gasteiger partial charge in [-0.1, -0.05) is 5.16 Å². The fourth-order valence-electron chi connectivity index (χ4n) is 0.624. The van der Waals surface area contributed by atoms with Crippen molar-refractivity contribution in [2.45, 2.75) is 12.8 Å². The number of carbonyl (C=O) groups is 1. The number of hydrogen-bond acceptors (Lipinski definition) is 4. The second-order valence-corrected chi connectivity index (χ2v) is 2.52. The van der Waals surface area contributed by atoms with E-state index in [4.69, 9.17) is 5.11 Å². The van der Waals surface area contributed by atoms with E-state index in [2.05, 4.69) is 14.7 Å². The van der Waals surface area contributed by atoms with Crippen LogP contribution in [0.25, 0.3) is 6.08 Å². The van der Waals surface area contributed by atoms with Crippen molar-refractivity contribution in [3.63, 3.8) is 0 Å². The van der Waals surface area contributed by atoms with Crippen molar-refractivity contribution in [3.05, 3.63) is 17.8 Å². The fourth-order valence-corrected chi connectivity index (χ4v) is 0.624. The molecular weight excluding hydrogens is 198 g/mol. The summed E-state index contributed by atoms with van der Waals surface area (Å²) in [7, 11) is 0. The van der Waals surface area contributed by atoms with Gasteiger partial charge in [0.2, 0.25) is 5.82 Å². The summed E-state index contributed by atoms with van der Waals surface area (Å²) in [4.78, 5) is 13.3. The Bertz CT molecular complexity index is 367. The fraction of sp³-hybridized carbons (Fsp3) is 0.286. The van der Waals surface area contributed by atoms with E-state index in [1.807, 2.05) is 0 Å². The predicted octanol–water partition coefficient (Wildman–Crippen LogP) is 1.28. The summed E-state index contributed by atoms with van der Waals surface area (Å²) in [6, 6.07) is 0. The summed E-state index contributed by atoms with van der Waals surface area (Å²) >= 11 is 0. The number of carboxylic acids is 1. The SMILES string of the molecule is CC(F)(F)c1noc(/C=C/C(=O)O)n1. The normalized spacial score (nSPS) is 12.2. The Hall–Kier alpha value is -1.79. The van der Waals surface area contributed by atoms with Gasteiger partial charge in [0, 0.05) is 19.1 Å². The molecule has 1 rings (SSSR count). The maximum Gasteiger partial charge on any atom is 0.328 e. The lowest BCUT2D eigenvalue weighted by atomic mass is 10.4. The molecule has 0 fully saturated rings. The van der Waals surface area contributed by atoms with Gasteiger partial charge in [0.15, 0.2) is 0 Å². The largest absolute Gasteiger partial charge is 0.478 e. The number of nitrogens with zero attached hydrogens (tertiary/aromatic N) is 2.